The first-order chi connectivity index (χ1) is 8.43. The molecule has 0 rings (SSSR count). The van der Waals surface area contributed by atoms with Crippen LogP contribution in [0, 0.1) is 0 Å². The van der Waals surface area contributed by atoms with Crippen LogP contribution >= 0.6 is 0 Å². The van der Waals surface area contributed by atoms with Crippen LogP contribution in [-0.2, 0) is 23.9 Å². The van der Waals surface area contributed by atoms with Gasteiger partial charge in [0, 0.05) is 25.5 Å². The van der Waals surface area contributed by atoms with Crippen molar-refractivity contribution < 1.29 is 23.9 Å². The summed E-state index contributed by atoms with van der Waals surface area (Å²) in [7, 11) is 0. The van der Waals surface area contributed by atoms with Crippen LogP contribution in [0.5, 0.6) is 0 Å². The van der Waals surface area contributed by atoms with Gasteiger partial charge in [-0.25, -0.2) is 4.79 Å². The highest BCUT2D eigenvalue weighted by atomic mass is 16.6. The number of hydrogen-bond acceptors (Lipinski definition) is 5. The van der Waals surface area contributed by atoms with E-state index in [4.69, 9.17) is 9.47 Å². The van der Waals surface area contributed by atoms with Crippen molar-refractivity contribution in [2.75, 3.05) is 19.8 Å². The zero-order valence-corrected chi connectivity index (χ0v) is 10.8. The number of nitrogens with one attached hydrogen (secondary N) is 1. The molecule has 1 amide bonds. The second-order valence-corrected chi connectivity index (χ2v) is 3.72. The van der Waals surface area contributed by atoms with E-state index in [0.717, 1.165) is 0 Å². The van der Waals surface area contributed by atoms with Crippen LogP contribution in [0.4, 0.5) is 0 Å². The minimum absolute atomic E-state index is 0.0170. The van der Waals surface area contributed by atoms with Gasteiger partial charge in [0.25, 0.3) is 0 Å². The van der Waals surface area contributed by atoms with Crippen molar-refractivity contribution in [3.05, 3.63) is 12.2 Å². The van der Waals surface area contributed by atoms with Crippen molar-refractivity contribution in [1.82, 2.24) is 5.32 Å². The summed E-state index contributed by atoms with van der Waals surface area (Å²) >= 11 is 0. The summed E-state index contributed by atoms with van der Waals surface area (Å²) in [5.74, 6) is -1.02. The lowest BCUT2D eigenvalue weighted by atomic mass is 10.3. The lowest BCUT2D eigenvalue weighted by molar-refractivity contribution is -0.150. The molecule has 0 bridgehead atoms. The van der Waals surface area contributed by atoms with Gasteiger partial charge in [-0.05, 0) is 13.3 Å². The third-order valence-corrected chi connectivity index (χ3v) is 1.86. The topological polar surface area (TPSA) is 81.7 Å². The molecule has 0 aromatic rings. The van der Waals surface area contributed by atoms with Gasteiger partial charge in [0.15, 0.2) is 0 Å². The smallest absolute Gasteiger partial charge is 0.333 e. The number of hydrogen-bond donors (Lipinski definition) is 1. The van der Waals surface area contributed by atoms with Gasteiger partial charge in [0.05, 0.1) is 0 Å². The summed E-state index contributed by atoms with van der Waals surface area (Å²) < 4.78 is 9.56. The average molecular weight is 257 g/mol. The maximum absolute atomic E-state index is 11.2. The summed E-state index contributed by atoms with van der Waals surface area (Å²) in [6.45, 7) is 6.85. The number of rotatable bonds is 8. The summed E-state index contributed by atoms with van der Waals surface area (Å²) in [5.41, 5.74) is 0.302. The van der Waals surface area contributed by atoms with Crippen molar-refractivity contribution in [2.45, 2.75) is 26.7 Å². The van der Waals surface area contributed by atoms with Gasteiger partial charge < -0.3 is 14.8 Å². The molecular weight excluding hydrogens is 238 g/mol. The summed E-state index contributed by atoms with van der Waals surface area (Å²) in [5, 5.41) is 2.57. The van der Waals surface area contributed by atoms with Crippen LogP contribution in [-0.4, -0.2) is 37.6 Å². The Morgan fingerprint density at radius 2 is 1.72 bits per heavy atom. The lowest BCUT2D eigenvalue weighted by Crippen LogP contribution is -2.22. The van der Waals surface area contributed by atoms with E-state index in [-0.39, 0.29) is 31.5 Å². The Bertz CT molecular complexity index is 324. The van der Waals surface area contributed by atoms with E-state index < -0.39 is 5.97 Å². The highest BCUT2D eigenvalue weighted by Gasteiger charge is 2.05. The molecule has 0 aromatic heterocycles. The quantitative estimate of drug-likeness (QED) is 0.390. The lowest BCUT2D eigenvalue weighted by Gasteiger charge is -2.06. The van der Waals surface area contributed by atoms with Crippen molar-refractivity contribution in [1.29, 1.82) is 0 Å². The molecular formula is C12H19NO5. The predicted octanol–water partition coefficient (Wildman–Crippen LogP) is 0.565. The number of amides is 1. The monoisotopic (exact) mass is 257 g/mol. The van der Waals surface area contributed by atoms with Gasteiger partial charge in [-0.2, -0.15) is 0 Å². The molecule has 0 spiro atoms. The van der Waals surface area contributed by atoms with Gasteiger partial charge in [-0.15, -0.1) is 0 Å². The van der Waals surface area contributed by atoms with E-state index in [1.807, 2.05) is 0 Å². The van der Waals surface area contributed by atoms with Crippen LogP contribution in [0.2, 0.25) is 0 Å². The molecule has 0 aliphatic carbocycles. The number of carbonyl (C=O) groups is 3. The Balaban J connectivity index is 3.45. The minimum atomic E-state index is -0.503. The predicted molar refractivity (Wildman–Crippen MR) is 64.6 cm³/mol. The third-order valence-electron chi connectivity index (χ3n) is 1.86. The fourth-order valence-electron chi connectivity index (χ4n) is 0.982. The Morgan fingerprint density at radius 3 is 2.28 bits per heavy atom. The summed E-state index contributed by atoms with van der Waals surface area (Å²) in [6.07, 6.45) is 0.735. The zero-order chi connectivity index (χ0) is 14.0. The molecule has 0 heterocycles. The fraction of sp³-hybridized carbons (Fsp3) is 0.583. The maximum Gasteiger partial charge on any atom is 0.333 e. The van der Waals surface area contributed by atoms with Crippen LogP contribution in [0.25, 0.3) is 0 Å². The number of esters is 2. The Labute approximate surface area is 106 Å². The molecule has 0 fully saturated rings. The van der Waals surface area contributed by atoms with Crippen molar-refractivity contribution in [3.8, 4) is 0 Å². The second kappa shape index (κ2) is 9.21. The van der Waals surface area contributed by atoms with Gasteiger partial charge in [0.2, 0.25) is 5.91 Å². The van der Waals surface area contributed by atoms with Crippen molar-refractivity contribution in [3.63, 3.8) is 0 Å². The Kier molecular flexibility index (Phi) is 8.26. The van der Waals surface area contributed by atoms with E-state index in [1.165, 1.54) is 13.8 Å². The van der Waals surface area contributed by atoms with Gasteiger partial charge in [-0.3, -0.25) is 9.59 Å². The van der Waals surface area contributed by atoms with Crippen LogP contribution in [0.15, 0.2) is 12.2 Å². The second-order valence-electron chi connectivity index (χ2n) is 3.72. The van der Waals surface area contributed by atoms with E-state index in [1.54, 1.807) is 0 Å². The normalized spacial score (nSPS) is 9.44. The van der Waals surface area contributed by atoms with E-state index in [9.17, 15) is 14.4 Å². The molecule has 0 radical (unpaired) electrons. The molecule has 0 saturated carbocycles. The minimum Gasteiger partial charge on any atom is -0.462 e. The molecule has 0 unspecified atom stereocenters. The fourth-order valence-corrected chi connectivity index (χ4v) is 0.982. The number of carbonyl (C=O) groups excluding carboxylic acids is 3. The third kappa shape index (κ3) is 9.38. The molecule has 18 heavy (non-hydrogen) atoms. The van der Waals surface area contributed by atoms with Gasteiger partial charge in [0.1, 0.15) is 13.2 Å². The summed E-state index contributed by atoms with van der Waals surface area (Å²) in [6, 6.07) is 0. The van der Waals surface area contributed by atoms with Gasteiger partial charge in [-0.1, -0.05) is 6.58 Å². The molecule has 6 heteroatoms. The first kappa shape index (κ1) is 16.1. The van der Waals surface area contributed by atoms with E-state index in [0.29, 0.717) is 18.5 Å². The molecule has 102 valence electrons. The van der Waals surface area contributed by atoms with Crippen LogP contribution < -0.4 is 5.32 Å². The van der Waals surface area contributed by atoms with Crippen molar-refractivity contribution in [2.24, 2.45) is 0 Å². The summed E-state index contributed by atoms with van der Waals surface area (Å²) in [4.78, 5) is 32.7. The van der Waals surface area contributed by atoms with Crippen molar-refractivity contribution >= 4 is 17.8 Å². The molecule has 1 N–H and O–H groups in total. The largest absolute Gasteiger partial charge is 0.462 e. The molecule has 0 aliphatic heterocycles. The molecule has 0 aliphatic rings. The van der Waals surface area contributed by atoms with Crippen LogP contribution in [0.1, 0.15) is 26.7 Å². The Hall–Kier alpha value is -1.85. The van der Waals surface area contributed by atoms with E-state index in [2.05, 4.69) is 11.9 Å². The standard InChI is InChI=1S/C12H19NO5/c1-9(2)12(16)18-8-7-17-11(15)5-4-6-13-10(3)14/h1,4-8H2,2-3H3,(H,13,14). The first-order valence-corrected chi connectivity index (χ1v) is 5.66. The maximum atomic E-state index is 11.2. The zero-order valence-electron chi connectivity index (χ0n) is 10.8. The average Bonchev–Trinajstić information content (AvgIpc) is 2.29. The van der Waals surface area contributed by atoms with E-state index >= 15 is 0 Å². The SMILES string of the molecule is C=C(C)C(=O)OCCOC(=O)CCCNC(C)=O. The number of ether oxygens (including phenoxy) is 2. The Morgan fingerprint density at radius 1 is 1.11 bits per heavy atom. The highest BCUT2D eigenvalue weighted by Crippen LogP contribution is 1.94. The molecule has 0 aromatic carbocycles. The van der Waals surface area contributed by atoms with Gasteiger partial charge >= 0.3 is 11.9 Å². The molecule has 0 saturated heterocycles. The highest BCUT2D eigenvalue weighted by molar-refractivity contribution is 5.86. The molecule has 0 atom stereocenters. The molecule has 6 nitrogen and oxygen atoms in total. The van der Waals surface area contributed by atoms with Crippen LogP contribution in [0.3, 0.4) is 0 Å². The first-order valence-electron chi connectivity index (χ1n) is 5.66.